The Morgan fingerprint density at radius 3 is 2.53 bits per heavy atom. The van der Waals surface area contributed by atoms with E-state index in [1.165, 1.54) is 24.3 Å². The number of carboxylic acids is 1. The lowest BCUT2D eigenvalue weighted by atomic mass is 10.3. The zero-order valence-electron chi connectivity index (χ0n) is 10.0. The third-order valence-corrected chi connectivity index (χ3v) is 2.14. The van der Waals surface area contributed by atoms with Gasteiger partial charge in [-0.25, -0.2) is 4.39 Å². The molecule has 0 heterocycles. The van der Waals surface area contributed by atoms with Crippen molar-refractivity contribution in [3.8, 4) is 18.1 Å². The van der Waals surface area contributed by atoms with Gasteiger partial charge >= 0.3 is 5.97 Å². The molecule has 0 radical (unpaired) electrons. The molecule has 0 aliphatic carbocycles. The second kappa shape index (κ2) is 7.01. The first kappa shape index (κ1) is 14.5. The van der Waals surface area contributed by atoms with Crippen molar-refractivity contribution >= 4 is 11.9 Å². The fourth-order valence-corrected chi connectivity index (χ4v) is 1.27. The summed E-state index contributed by atoms with van der Waals surface area (Å²) in [5.74, 6) is 0.376. The number of ether oxygens (including phenoxy) is 1. The minimum atomic E-state index is -1.16. The highest BCUT2D eigenvalue weighted by molar-refractivity contribution is 5.82. The van der Waals surface area contributed by atoms with Crippen LogP contribution < -0.4 is 4.74 Å². The van der Waals surface area contributed by atoms with Gasteiger partial charge in [0.1, 0.15) is 18.1 Å². The molecule has 0 aromatic heterocycles. The Bertz CT molecular complexity index is 492. The lowest BCUT2D eigenvalue weighted by Gasteiger charge is -2.17. The van der Waals surface area contributed by atoms with Crippen molar-refractivity contribution in [3.63, 3.8) is 0 Å². The number of rotatable bonds is 6. The summed E-state index contributed by atoms with van der Waals surface area (Å²) in [4.78, 5) is 23.2. The average Bonchev–Trinajstić information content (AvgIpc) is 2.37. The van der Waals surface area contributed by atoms with Crippen LogP contribution in [0.25, 0.3) is 0 Å². The molecule has 1 rings (SSSR count). The molecule has 0 spiro atoms. The van der Waals surface area contributed by atoms with Crippen molar-refractivity contribution in [2.75, 3.05) is 19.7 Å². The molecule has 0 atom stereocenters. The number of hydrogen-bond acceptors (Lipinski definition) is 3. The van der Waals surface area contributed by atoms with Gasteiger partial charge in [0.05, 0.1) is 6.54 Å². The van der Waals surface area contributed by atoms with E-state index >= 15 is 0 Å². The van der Waals surface area contributed by atoms with Crippen molar-refractivity contribution in [1.82, 2.24) is 4.90 Å². The lowest BCUT2D eigenvalue weighted by molar-refractivity contribution is -0.144. The minimum absolute atomic E-state index is 0.113. The zero-order chi connectivity index (χ0) is 14.3. The van der Waals surface area contributed by atoms with Crippen LogP contribution in [0.3, 0.4) is 0 Å². The van der Waals surface area contributed by atoms with Crippen LogP contribution in [0.2, 0.25) is 0 Å². The van der Waals surface area contributed by atoms with E-state index in [0.29, 0.717) is 5.75 Å². The third-order valence-electron chi connectivity index (χ3n) is 2.14. The van der Waals surface area contributed by atoms with Gasteiger partial charge in [0.25, 0.3) is 5.91 Å². The fraction of sp³-hybridized carbons (Fsp3) is 0.231. The molecule has 19 heavy (non-hydrogen) atoms. The first-order valence-corrected chi connectivity index (χ1v) is 5.34. The largest absolute Gasteiger partial charge is 0.484 e. The zero-order valence-corrected chi connectivity index (χ0v) is 10.0. The molecule has 0 aliphatic rings. The van der Waals surface area contributed by atoms with Crippen LogP contribution in [-0.2, 0) is 9.59 Å². The van der Waals surface area contributed by atoms with Gasteiger partial charge in [0.15, 0.2) is 6.61 Å². The van der Waals surface area contributed by atoms with Crippen molar-refractivity contribution in [1.29, 1.82) is 0 Å². The molecule has 1 aromatic carbocycles. The summed E-state index contributed by atoms with van der Waals surface area (Å²) in [6.07, 6.45) is 5.05. The summed E-state index contributed by atoms with van der Waals surface area (Å²) in [5, 5.41) is 8.63. The maximum Gasteiger partial charge on any atom is 0.323 e. The van der Waals surface area contributed by atoms with E-state index in [0.717, 1.165) is 4.90 Å². The number of hydrogen-bond donors (Lipinski definition) is 1. The van der Waals surface area contributed by atoms with Crippen LogP contribution in [0.1, 0.15) is 0 Å². The third kappa shape index (κ3) is 5.08. The van der Waals surface area contributed by atoms with Gasteiger partial charge in [-0.2, -0.15) is 0 Å². The number of halogens is 1. The molecule has 6 heteroatoms. The first-order chi connectivity index (χ1) is 9.02. The second-order valence-electron chi connectivity index (χ2n) is 3.59. The van der Waals surface area contributed by atoms with Crippen LogP contribution in [0.4, 0.5) is 4.39 Å². The van der Waals surface area contributed by atoms with Crippen molar-refractivity contribution in [3.05, 3.63) is 30.1 Å². The Hall–Kier alpha value is -2.55. The summed E-state index contributed by atoms with van der Waals surface area (Å²) >= 11 is 0. The molecule has 0 bridgehead atoms. The Morgan fingerprint density at radius 2 is 2.00 bits per heavy atom. The topological polar surface area (TPSA) is 66.8 Å². The summed E-state index contributed by atoms with van der Waals surface area (Å²) in [7, 11) is 0. The fourth-order valence-electron chi connectivity index (χ4n) is 1.27. The van der Waals surface area contributed by atoms with Gasteiger partial charge in [-0.1, -0.05) is 5.92 Å². The molecule has 100 valence electrons. The lowest BCUT2D eigenvalue weighted by Crippen LogP contribution is -2.38. The smallest absolute Gasteiger partial charge is 0.323 e. The highest BCUT2D eigenvalue weighted by Crippen LogP contribution is 2.11. The minimum Gasteiger partial charge on any atom is -0.484 e. The number of benzene rings is 1. The Balaban J connectivity index is 2.54. The Morgan fingerprint density at radius 1 is 1.37 bits per heavy atom. The van der Waals surface area contributed by atoms with E-state index in [1.807, 2.05) is 0 Å². The van der Waals surface area contributed by atoms with Crippen molar-refractivity contribution in [2.24, 2.45) is 0 Å². The predicted molar refractivity (Wildman–Crippen MR) is 64.9 cm³/mol. The first-order valence-electron chi connectivity index (χ1n) is 5.34. The maximum absolute atomic E-state index is 12.6. The molecule has 0 fully saturated rings. The molecular weight excluding hydrogens is 253 g/mol. The van der Waals surface area contributed by atoms with E-state index in [2.05, 4.69) is 5.92 Å². The van der Waals surface area contributed by atoms with Crippen molar-refractivity contribution < 1.29 is 23.8 Å². The molecule has 0 unspecified atom stereocenters. The van der Waals surface area contributed by atoms with Crippen molar-refractivity contribution in [2.45, 2.75) is 0 Å². The Labute approximate surface area is 109 Å². The SMILES string of the molecule is C#CCN(CC(=O)O)C(=O)COc1ccc(F)cc1. The number of aliphatic carboxylic acids is 1. The molecular formula is C13H12FNO4. The van der Waals surface area contributed by atoms with E-state index in [4.69, 9.17) is 16.3 Å². The summed E-state index contributed by atoms with van der Waals surface area (Å²) in [6, 6.07) is 5.11. The molecule has 0 saturated heterocycles. The highest BCUT2D eigenvalue weighted by atomic mass is 19.1. The molecule has 5 nitrogen and oxygen atoms in total. The molecule has 1 aromatic rings. The number of amides is 1. The van der Waals surface area contributed by atoms with Crippen LogP contribution >= 0.6 is 0 Å². The average molecular weight is 265 g/mol. The van der Waals surface area contributed by atoms with E-state index in [9.17, 15) is 14.0 Å². The van der Waals surface area contributed by atoms with Gasteiger partial charge < -0.3 is 14.7 Å². The molecule has 0 saturated carbocycles. The number of carbonyl (C=O) groups excluding carboxylic acids is 1. The van der Waals surface area contributed by atoms with E-state index < -0.39 is 24.2 Å². The molecule has 1 N–H and O–H groups in total. The number of nitrogens with zero attached hydrogens (tertiary/aromatic N) is 1. The van der Waals surface area contributed by atoms with Gasteiger partial charge in [-0.15, -0.1) is 6.42 Å². The van der Waals surface area contributed by atoms with Gasteiger partial charge in [-0.3, -0.25) is 9.59 Å². The van der Waals surface area contributed by atoms with Crippen LogP contribution in [0.15, 0.2) is 24.3 Å². The number of carboxylic acid groups (broad SMARTS) is 1. The standard InChI is InChI=1S/C13H12FNO4/c1-2-7-15(8-13(17)18)12(16)9-19-11-5-3-10(14)4-6-11/h1,3-6H,7-9H2,(H,17,18). The molecule has 1 amide bonds. The number of carbonyl (C=O) groups is 2. The number of terminal acetylenes is 1. The molecule has 0 aliphatic heterocycles. The Kier molecular flexibility index (Phi) is 5.35. The highest BCUT2D eigenvalue weighted by Gasteiger charge is 2.16. The van der Waals surface area contributed by atoms with Gasteiger partial charge in [0, 0.05) is 0 Å². The maximum atomic E-state index is 12.6. The van der Waals surface area contributed by atoms with Crippen LogP contribution in [0, 0.1) is 18.2 Å². The summed E-state index contributed by atoms with van der Waals surface area (Å²) in [5.41, 5.74) is 0. The summed E-state index contributed by atoms with van der Waals surface area (Å²) < 4.78 is 17.8. The van der Waals surface area contributed by atoms with E-state index in [-0.39, 0.29) is 13.2 Å². The predicted octanol–water partition coefficient (Wildman–Crippen LogP) is 0.751. The normalized spacial score (nSPS) is 9.47. The van der Waals surface area contributed by atoms with Crippen LogP contribution in [-0.4, -0.2) is 41.6 Å². The van der Waals surface area contributed by atoms with Crippen LogP contribution in [0.5, 0.6) is 5.75 Å². The quantitative estimate of drug-likeness (QED) is 0.771. The van der Waals surface area contributed by atoms with E-state index in [1.54, 1.807) is 0 Å². The van der Waals surface area contributed by atoms with Gasteiger partial charge in [-0.05, 0) is 24.3 Å². The monoisotopic (exact) mass is 265 g/mol. The summed E-state index contributed by atoms with van der Waals surface area (Å²) in [6.45, 7) is -0.964. The van der Waals surface area contributed by atoms with Gasteiger partial charge in [0.2, 0.25) is 0 Å². The second-order valence-corrected chi connectivity index (χ2v) is 3.59.